The Hall–Kier alpha value is -0.870. The Morgan fingerprint density at radius 2 is 1.72 bits per heavy atom. The monoisotopic (exact) mass is 267 g/mol. The predicted molar refractivity (Wildman–Crippen MR) is 74.0 cm³/mol. The van der Waals surface area contributed by atoms with Crippen molar-refractivity contribution in [1.82, 2.24) is 0 Å². The van der Waals surface area contributed by atoms with Gasteiger partial charge in [-0.1, -0.05) is 43.2 Å². The summed E-state index contributed by atoms with van der Waals surface area (Å²) in [7, 11) is -3.11. The van der Waals surface area contributed by atoms with E-state index in [0.717, 1.165) is 31.2 Å². The summed E-state index contributed by atoms with van der Waals surface area (Å²) in [6.07, 6.45) is 3.65. The van der Waals surface area contributed by atoms with Gasteiger partial charge in [0.05, 0.1) is 10.5 Å². The van der Waals surface area contributed by atoms with Gasteiger partial charge >= 0.3 is 0 Å². The molecule has 1 saturated carbocycles. The topological polar surface area (TPSA) is 60.2 Å². The molecule has 1 aliphatic carbocycles. The molecule has 2 unspecified atom stereocenters. The fourth-order valence-electron chi connectivity index (χ4n) is 2.67. The minimum Gasteiger partial charge on any atom is -0.323 e. The number of benzene rings is 1. The van der Waals surface area contributed by atoms with Gasteiger partial charge in [0, 0.05) is 6.04 Å². The molecule has 4 heteroatoms. The maximum atomic E-state index is 12.5. The van der Waals surface area contributed by atoms with Crippen molar-refractivity contribution in [3.63, 3.8) is 0 Å². The molecule has 0 spiro atoms. The molecule has 1 fully saturated rings. The average molecular weight is 267 g/mol. The fraction of sp³-hybridized carbons (Fsp3) is 0.571. The van der Waals surface area contributed by atoms with E-state index in [0.29, 0.717) is 0 Å². The van der Waals surface area contributed by atoms with Crippen LogP contribution in [0.3, 0.4) is 0 Å². The highest BCUT2D eigenvalue weighted by atomic mass is 32.2. The highest BCUT2D eigenvalue weighted by Gasteiger charge is 2.36. The van der Waals surface area contributed by atoms with Crippen LogP contribution in [0.4, 0.5) is 0 Å². The summed E-state index contributed by atoms with van der Waals surface area (Å²) in [6, 6.07) is 9.05. The van der Waals surface area contributed by atoms with Gasteiger partial charge in [0.25, 0.3) is 0 Å². The normalized spacial score (nSPS) is 20.8. The fourth-order valence-corrected chi connectivity index (χ4v) is 4.83. The molecule has 1 aliphatic rings. The number of sulfone groups is 1. The van der Waals surface area contributed by atoms with Crippen LogP contribution < -0.4 is 5.73 Å². The summed E-state index contributed by atoms with van der Waals surface area (Å²) in [6.45, 7) is 1.74. The SMILES string of the molecule is CC(C(N)c1ccccc1)S(=O)(=O)C1CCCC1. The zero-order valence-electron chi connectivity index (χ0n) is 10.7. The summed E-state index contributed by atoms with van der Waals surface area (Å²) in [4.78, 5) is 0. The van der Waals surface area contributed by atoms with Crippen LogP contribution in [-0.2, 0) is 9.84 Å². The van der Waals surface area contributed by atoms with Gasteiger partial charge < -0.3 is 5.73 Å². The van der Waals surface area contributed by atoms with Crippen LogP contribution in [-0.4, -0.2) is 18.9 Å². The second-order valence-electron chi connectivity index (χ2n) is 5.14. The van der Waals surface area contributed by atoms with Crippen LogP contribution in [0.2, 0.25) is 0 Å². The third-order valence-corrected chi connectivity index (χ3v) is 6.71. The third-order valence-electron chi connectivity index (χ3n) is 3.98. The van der Waals surface area contributed by atoms with Gasteiger partial charge in [-0.25, -0.2) is 8.42 Å². The molecule has 1 aromatic carbocycles. The van der Waals surface area contributed by atoms with Crippen molar-refractivity contribution in [3.05, 3.63) is 35.9 Å². The molecule has 0 amide bonds. The van der Waals surface area contributed by atoms with Crippen LogP contribution >= 0.6 is 0 Å². The summed E-state index contributed by atoms with van der Waals surface area (Å²) in [5.74, 6) is 0. The maximum absolute atomic E-state index is 12.5. The van der Waals surface area contributed by atoms with Crippen molar-refractivity contribution in [3.8, 4) is 0 Å². The lowest BCUT2D eigenvalue weighted by Gasteiger charge is -2.23. The average Bonchev–Trinajstić information content (AvgIpc) is 2.92. The van der Waals surface area contributed by atoms with Crippen molar-refractivity contribution in [1.29, 1.82) is 0 Å². The zero-order chi connectivity index (χ0) is 13.2. The Balaban J connectivity index is 2.18. The number of hydrogen-bond donors (Lipinski definition) is 1. The van der Waals surface area contributed by atoms with E-state index in [1.54, 1.807) is 6.92 Å². The van der Waals surface area contributed by atoms with E-state index in [1.807, 2.05) is 30.3 Å². The van der Waals surface area contributed by atoms with E-state index in [2.05, 4.69) is 0 Å². The molecular weight excluding hydrogens is 246 g/mol. The molecule has 2 atom stereocenters. The lowest BCUT2D eigenvalue weighted by Crippen LogP contribution is -2.36. The highest BCUT2D eigenvalue weighted by molar-refractivity contribution is 7.92. The first kappa shape index (κ1) is 13.6. The summed E-state index contributed by atoms with van der Waals surface area (Å²) in [5, 5.41) is -0.690. The lowest BCUT2D eigenvalue weighted by atomic mass is 10.1. The Morgan fingerprint density at radius 1 is 1.17 bits per heavy atom. The van der Waals surface area contributed by atoms with Gasteiger partial charge in [0.15, 0.2) is 9.84 Å². The van der Waals surface area contributed by atoms with Crippen molar-refractivity contribution in [2.75, 3.05) is 0 Å². The summed E-state index contributed by atoms with van der Waals surface area (Å²) >= 11 is 0. The molecule has 0 aliphatic heterocycles. The molecule has 18 heavy (non-hydrogen) atoms. The molecule has 2 rings (SSSR count). The van der Waals surface area contributed by atoms with Crippen LogP contribution in [0.15, 0.2) is 30.3 Å². The Bertz CT molecular complexity index is 478. The van der Waals surface area contributed by atoms with Gasteiger partial charge in [0.2, 0.25) is 0 Å². The minimum absolute atomic E-state index is 0.178. The Labute approximate surface area is 109 Å². The predicted octanol–water partition coefficient (Wildman–Crippen LogP) is 2.43. The largest absolute Gasteiger partial charge is 0.323 e. The molecule has 100 valence electrons. The molecule has 0 saturated heterocycles. The summed E-state index contributed by atoms with van der Waals surface area (Å²) in [5.41, 5.74) is 7.01. The van der Waals surface area contributed by atoms with Crippen LogP contribution in [0.1, 0.15) is 44.2 Å². The van der Waals surface area contributed by atoms with E-state index >= 15 is 0 Å². The molecule has 0 aromatic heterocycles. The van der Waals surface area contributed by atoms with Gasteiger partial charge in [-0.2, -0.15) is 0 Å². The first-order valence-electron chi connectivity index (χ1n) is 6.56. The summed E-state index contributed by atoms with van der Waals surface area (Å²) < 4.78 is 24.9. The highest BCUT2D eigenvalue weighted by Crippen LogP contribution is 2.31. The number of hydrogen-bond acceptors (Lipinski definition) is 3. The Kier molecular flexibility index (Phi) is 4.07. The molecule has 0 radical (unpaired) electrons. The molecule has 1 aromatic rings. The van der Waals surface area contributed by atoms with Crippen molar-refractivity contribution >= 4 is 9.84 Å². The minimum atomic E-state index is -3.11. The van der Waals surface area contributed by atoms with E-state index in [4.69, 9.17) is 5.73 Å². The first-order chi connectivity index (χ1) is 8.53. The van der Waals surface area contributed by atoms with Crippen LogP contribution in [0.25, 0.3) is 0 Å². The van der Waals surface area contributed by atoms with E-state index in [9.17, 15) is 8.42 Å². The van der Waals surface area contributed by atoms with Crippen LogP contribution in [0, 0.1) is 0 Å². The maximum Gasteiger partial charge on any atom is 0.157 e. The van der Waals surface area contributed by atoms with E-state index < -0.39 is 21.1 Å². The van der Waals surface area contributed by atoms with Gasteiger partial charge in [-0.15, -0.1) is 0 Å². The van der Waals surface area contributed by atoms with E-state index in [-0.39, 0.29) is 5.25 Å². The molecule has 0 bridgehead atoms. The molecule has 0 heterocycles. The standard InChI is InChI=1S/C14H21NO2S/c1-11(14(15)12-7-3-2-4-8-12)18(16,17)13-9-5-6-10-13/h2-4,7-8,11,13-14H,5-6,9-10,15H2,1H3. The van der Waals surface area contributed by atoms with Gasteiger partial charge in [0.1, 0.15) is 0 Å². The molecule has 3 nitrogen and oxygen atoms in total. The second kappa shape index (κ2) is 5.41. The van der Waals surface area contributed by atoms with Crippen molar-refractivity contribution < 1.29 is 8.42 Å². The first-order valence-corrected chi connectivity index (χ1v) is 8.17. The van der Waals surface area contributed by atoms with Crippen molar-refractivity contribution in [2.45, 2.75) is 49.1 Å². The third kappa shape index (κ3) is 2.59. The molecule has 2 N–H and O–H groups in total. The quantitative estimate of drug-likeness (QED) is 0.911. The van der Waals surface area contributed by atoms with Gasteiger partial charge in [-0.3, -0.25) is 0 Å². The zero-order valence-corrected chi connectivity index (χ0v) is 11.6. The Morgan fingerprint density at radius 3 is 2.28 bits per heavy atom. The number of rotatable bonds is 4. The smallest absolute Gasteiger partial charge is 0.157 e. The second-order valence-corrected chi connectivity index (χ2v) is 7.73. The van der Waals surface area contributed by atoms with Crippen LogP contribution in [0.5, 0.6) is 0 Å². The van der Waals surface area contributed by atoms with Crippen molar-refractivity contribution in [2.24, 2.45) is 5.73 Å². The van der Waals surface area contributed by atoms with E-state index in [1.165, 1.54) is 0 Å². The lowest BCUT2D eigenvalue weighted by molar-refractivity contribution is 0.549. The molecular formula is C14H21NO2S. The van der Waals surface area contributed by atoms with Gasteiger partial charge in [-0.05, 0) is 25.3 Å². The number of nitrogens with two attached hydrogens (primary N) is 1.